The van der Waals surface area contributed by atoms with E-state index in [1.54, 1.807) is 20.8 Å². The lowest BCUT2D eigenvalue weighted by molar-refractivity contribution is 0.0491. The number of alkyl carbamates (subject to hydrolysis) is 1. The van der Waals surface area contributed by atoms with E-state index in [9.17, 15) is 9.18 Å². The van der Waals surface area contributed by atoms with Gasteiger partial charge in [-0.15, -0.1) is 0 Å². The van der Waals surface area contributed by atoms with Crippen LogP contribution >= 0.6 is 0 Å². The molecule has 3 N–H and O–H groups in total. The van der Waals surface area contributed by atoms with Crippen molar-refractivity contribution in [3.63, 3.8) is 0 Å². The number of hydrogen-bond acceptors (Lipinski definition) is 3. The Balaban J connectivity index is 1.88. The molecule has 5 atom stereocenters. The molecule has 2 aliphatic carbocycles. The fraction of sp³-hybridized carbons (Fsp3) is 0.909. The summed E-state index contributed by atoms with van der Waals surface area (Å²) < 4.78 is 18.3. The molecule has 1 amide bonds. The lowest BCUT2D eigenvalue weighted by Crippen LogP contribution is -2.48. The first-order chi connectivity index (χ1) is 7.29. The highest BCUT2D eigenvalue weighted by Gasteiger charge is 2.62. The second kappa shape index (κ2) is 3.58. The molecule has 92 valence electrons. The molecular weight excluding hydrogens is 211 g/mol. The Bertz CT molecular complexity index is 303. The molecule has 0 aromatic carbocycles. The van der Waals surface area contributed by atoms with Crippen LogP contribution in [0.15, 0.2) is 0 Å². The predicted molar refractivity (Wildman–Crippen MR) is 57.6 cm³/mol. The fourth-order valence-corrected chi connectivity index (χ4v) is 2.50. The molecule has 0 bridgehead atoms. The smallest absolute Gasteiger partial charge is 0.407 e. The zero-order chi connectivity index (χ0) is 12.1. The Labute approximate surface area is 94.7 Å². The standard InChI is InChI=1S/C11H19FN2O2/c1-11(2,3)16-10(15)14-9-6(13)4-5-7(9)8(5)12/h5-9H,4,13H2,1-3H3,(H,14,15)/t5-,6-,7+,8-,9+/m1/s1. The summed E-state index contributed by atoms with van der Waals surface area (Å²) in [6, 6.07) is -0.413. The maximum Gasteiger partial charge on any atom is 0.407 e. The van der Waals surface area contributed by atoms with Gasteiger partial charge in [-0.2, -0.15) is 0 Å². The quantitative estimate of drug-likeness (QED) is 0.711. The minimum Gasteiger partial charge on any atom is -0.444 e. The van der Waals surface area contributed by atoms with E-state index in [-0.39, 0.29) is 23.9 Å². The Morgan fingerprint density at radius 3 is 2.62 bits per heavy atom. The average Bonchev–Trinajstić information content (AvgIpc) is 2.54. The Hall–Kier alpha value is -0.840. The number of ether oxygens (including phenoxy) is 1. The van der Waals surface area contributed by atoms with Crippen LogP contribution in [-0.4, -0.2) is 29.9 Å². The second-order valence-electron chi connectivity index (χ2n) is 5.76. The third-order valence-electron chi connectivity index (χ3n) is 3.23. The number of carbonyl (C=O) groups is 1. The van der Waals surface area contributed by atoms with Crippen LogP contribution in [0.1, 0.15) is 27.2 Å². The first-order valence-corrected chi connectivity index (χ1v) is 5.69. The van der Waals surface area contributed by atoms with E-state index in [4.69, 9.17) is 10.5 Å². The highest BCUT2D eigenvalue weighted by molar-refractivity contribution is 5.68. The molecule has 0 spiro atoms. The number of hydrogen-bond donors (Lipinski definition) is 2. The molecule has 0 radical (unpaired) electrons. The molecule has 5 heteroatoms. The molecule has 2 rings (SSSR count). The van der Waals surface area contributed by atoms with Crippen molar-refractivity contribution in [1.29, 1.82) is 0 Å². The van der Waals surface area contributed by atoms with Gasteiger partial charge in [-0.3, -0.25) is 0 Å². The van der Waals surface area contributed by atoms with Crippen molar-refractivity contribution in [1.82, 2.24) is 5.32 Å². The van der Waals surface area contributed by atoms with Crippen LogP contribution in [0.4, 0.5) is 9.18 Å². The number of carbonyl (C=O) groups excluding carboxylic acids is 1. The molecule has 2 fully saturated rings. The monoisotopic (exact) mass is 230 g/mol. The van der Waals surface area contributed by atoms with Crippen LogP contribution in [-0.2, 0) is 4.74 Å². The van der Waals surface area contributed by atoms with E-state index in [0.29, 0.717) is 6.42 Å². The lowest BCUT2D eigenvalue weighted by Gasteiger charge is -2.24. The van der Waals surface area contributed by atoms with Gasteiger partial charge < -0.3 is 15.8 Å². The van der Waals surface area contributed by atoms with E-state index in [1.807, 2.05) is 0 Å². The largest absolute Gasteiger partial charge is 0.444 e. The number of amides is 1. The third-order valence-corrected chi connectivity index (χ3v) is 3.23. The summed E-state index contributed by atoms with van der Waals surface area (Å²) in [6.07, 6.45) is -0.640. The number of rotatable bonds is 1. The van der Waals surface area contributed by atoms with Gasteiger partial charge in [-0.25, -0.2) is 9.18 Å². The summed E-state index contributed by atoms with van der Waals surface area (Å²) in [5.74, 6) is -0.0440. The van der Waals surface area contributed by atoms with Crippen molar-refractivity contribution in [3.8, 4) is 0 Å². The zero-order valence-electron chi connectivity index (χ0n) is 9.87. The summed E-state index contributed by atoms with van der Waals surface area (Å²) in [5.41, 5.74) is 5.30. The highest BCUT2D eigenvalue weighted by atomic mass is 19.1. The average molecular weight is 230 g/mol. The molecule has 2 saturated carbocycles. The summed E-state index contributed by atoms with van der Waals surface area (Å²) in [5, 5.41) is 2.68. The molecule has 2 aliphatic rings. The van der Waals surface area contributed by atoms with Gasteiger partial charge in [0.1, 0.15) is 11.8 Å². The van der Waals surface area contributed by atoms with Crippen molar-refractivity contribution >= 4 is 6.09 Å². The first kappa shape index (κ1) is 11.6. The topological polar surface area (TPSA) is 64.3 Å². The van der Waals surface area contributed by atoms with Crippen molar-refractivity contribution in [2.75, 3.05) is 0 Å². The summed E-state index contributed by atoms with van der Waals surface area (Å²) >= 11 is 0. The summed E-state index contributed by atoms with van der Waals surface area (Å²) in [7, 11) is 0. The molecule has 4 nitrogen and oxygen atoms in total. The molecule has 0 aromatic rings. The SMILES string of the molecule is CC(C)(C)OC(=O)N[C@@H]1[C@@H]2[C@H](F)[C@@H]2C[C@H]1N. The fourth-order valence-electron chi connectivity index (χ4n) is 2.50. The van der Waals surface area contributed by atoms with Crippen LogP contribution < -0.4 is 11.1 Å². The van der Waals surface area contributed by atoms with Crippen molar-refractivity contribution in [2.45, 2.75) is 51.0 Å². The van der Waals surface area contributed by atoms with Gasteiger partial charge in [0.05, 0.1) is 6.04 Å². The molecule has 0 heterocycles. The Kier molecular flexibility index (Phi) is 2.61. The minimum absolute atomic E-state index is 0.0509. The van der Waals surface area contributed by atoms with E-state index >= 15 is 0 Å². The summed E-state index contributed by atoms with van der Waals surface area (Å²) in [6.45, 7) is 5.37. The van der Waals surface area contributed by atoms with Crippen LogP contribution in [0.5, 0.6) is 0 Å². The van der Waals surface area contributed by atoms with E-state index in [0.717, 1.165) is 0 Å². The third kappa shape index (κ3) is 2.14. The molecule has 0 saturated heterocycles. The number of halogens is 1. The maximum absolute atomic E-state index is 13.2. The Morgan fingerprint density at radius 2 is 2.12 bits per heavy atom. The van der Waals surface area contributed by atoms with Gasteiger partial charge in [-0.05, 0) is 33.1 Å². The van der Waals surface area contributed by atoms with E-state index in [1.165, 1.54) is 0 Å². The Morgan fingerprint density at radius 1 is 1.50 bits per heavy atom. The minimum atomic E-state index is -0.792. The number of alkyl halides is 1. The van der Waals surface area contributed by atoms with Gasteiger partial charge in [-0.1, -0.05) is 0 Å². The van der Waals surface area contributed by atoms with Gasteiger partial charge in [0.25, 0.3) is 0 Å². The van der Waals surface area contributed by atoms with Crippen LogP contribution in [0.3, 0.4) is 0 Å². The van der Waals surface area contributed by atoms with Crippen molar-refractivity contribution in [3.05, 3.63) is 0 Å². The van der Waals surface area contributed by atoms with Crippen LogP contribution in [0.25, 0.3) is 0 Å². The van der Waals surface area contributed by atoms with Gasteiger partial charge >= 0.3 is 6.09 Å². The van der Waals surface area contributed by atoms with Crippen LogP contribution in [0, 0.1) is 11.8 Å². The molecule has 0 aromatic heterocycles. The number of nitrogens with two attached hydrogens (primary N) is 1. The molecular formula is C11H19FN2O2. The molecule has 16 heavy (non-hydrogen) atoms. The zero-order valence-corrected chi connectivity index (χ0v) is 9.87. The van der Waals surface area contributed by atoms with Gasteiger partial charge in [0.2, 0.25) is 0 Å². The van der Waals surface area contributed by atoms with E-state index < -0.39 is 17.9 Å². The highest BCUT2D eigenvalue weighted by Crippen LogP contribution is 2.53. The van der Waals surface area contributed by atoms with Crippen molar-refractivity contribution in [2.24, 2.45) is 17.6 Å². The second-order valence-corrected chi connectivity index (χ2v) is 5.76. The number of nitrogens with one attached hydrogen (secondary N) is 1. The molecule has 0 aliphatic heterocycles. The number of fused-ring (bicyclic) bond motifs is 1. The first-order valence-electron chi connectivity index (χ1n) is 5.69. The summed E-state index contributed by atoms with van der Waals surface area (Å²) in [4.78, 5) is 11.5. The normalized spacial score (nSPS) is 41.4. The van der Waals surface area contributed by atoms with Gasteiger partial charge in [0, 0.05) is 12.0 Å². The van der Waals surface area contributed by atoms with E-state index in [2.05, 4.69) is 5.32 Å². The molecule has 0 unspecified atom stereocenters. The van der Waals surface area contributed by atoms with Crippen molar-refractivity contribution < 1.29 is 13.9 Å². The van der Waals surface area contributed by atoms with Crippen LogP contribution in [0.2, 0.25) is 0 Å². The maximum atomic E-state index is 13.2. The predicted octanol–water partition coefficient (Wildman–Crippen LogP) is 1.19. The lowest BCUT2D eigenvalue weighted by atomic mass is 10.1. The van der Waals surface area contributed by atoms with Gasteiger partial charge in [0.15, 0.2) is 0 Å².